The summed E-state index contributed by atoms with van der Waals surface area (Å²) in [6.07, 6.45) is 6.41. The Morgan fingerprint density at radius 2 is 1.96 bits per heavy atom. The Balaban J connectivity index is 1.41. The fourth-order valence-electron chi connectivity index (χ4n) is 3.76. The summed E-state index contributed by atoms with van der Waals surface area (Å²) in [7, 11) is 0. The third kappa shape index (κ3) is 3.41. The molecule has 0 N–H and O–H groups in total. The molecule has 0 bridgehead atoms. The highest BCUT2D eigenvalue weighted by molar-refractivity contribution is 7.98. The summed E-state index contributed by atoms with van der Waals surface area (Å²) in [5.74, 6) is 1.95. The van der Waals surface area contributed by atoms with E-state index in [2.05, 4.69) is 39.0 Å². The minimum Gasteiger partial charge on any atom is -0.338 e. The van der Waals surface area contributed by atoms with Gasteiger partial charge in [0, 0.05) is 6.04 Å². The van der Waals surface area contributed by atoms with Crippen LogP contribution in [0.2, 0.25) is 0 Å². The Morgan fingerprint density at radius 1 is 1.07 bits per heavy atom. The van der Waals surface area contributed by atoms with Crippen molar-refractivity contribution < 1.29 is 4.52 Å². The molecule has 7 heteroatoms. The summed E-state index contributed by atoms with van der Waals surface area (Å²) in [5, 5.41) is 7.18. The number of aromatic nitrogens is 4. The van der Waals surface area contributed by atoms with E-state index in [0.29, 0.717) is 23.5 Å². The largest absolute Gasteiger partial charge is 0.338 e. The first-order valence-corrected chi connectivity index (χ1v) is 11.2. The second-order valence-corrected chi connectivity index (χ2v) is 8.71. The van der Waals surface area contributed by atoms with Crippen LogP contribution in [0.25, 0.3) is 21.7 Å². The van der Waals surface area contributed by atoms with Gasteiger partial charge in [0.2, 0.25) is 11.7 Å². The van der Waals surface area contributed by atoms with E-state index in [1.165, 1.54) is 37.6 Å². The molecule has 4 aromatic rings. The van der Waals surface area contributed by atoms with Gasteiger partial charge < -0.3 is 9.09 Å². The Hall–Kier alpha value is -2.12. The van der Waals surface area contributed by atoms with Crippen molar-refractivity contribution in [3.63, 3.8) is 0 Å². The lowest BCUT2D eigenvalue weighted by atomic mass is 9.95. The lowest BCUT2D eigenvalue weighted by Gasteiger charge is -2.25. The van der Waals surface area contributed by atoms with Gasteiger partial charge in [-0.25, -0.2) is 4.98 Å². The number of fused-ring (bicyclic) bond motifs is 1. The number of nitrogens with zero attached hydrogens (tertiary/aromatic N) is 4. The first kappa shape index (κ1) is 17.0. The molecular formula is C20H20N4OS2. The summed E-state index contributed by atoms with van der Waals surface area (Å²) in [6, 6.07) is 13.0. The molecule has 1 fully saturated rings. The van der Waals surface area contributed by atoms with E-state index < -0.39 is 0 Å². The molecule has 0 aliphatic heterocycles. The van der Waals surface area contributed by atoms with Crippen molar-refractivity contribution in [3.8, 4) is 10.7 Å². The van der Waals surface area contributed by atoms with Gasteiger partial charge in [-0.3, -0.25) is 0 Å². The van der Waals surface area contributed by atoms with Crippen molar-refractivity contribution in [1.29, 1.82) is 0 Å². The molecule has 0 spiro atoms. The first-order chi connectivity index (χ1) is 13.4. The maximum absolute atomic E-state index is 5.46. The number of hydrogen-bond acceptors (Lipinski definition) is 6. The van der Waals surface area contributed by atoms with Crippen molar-refractivity contribution in [1.82, 2.24) is 19.7 Å². The minimum atomic E-state index is 0.540. The number of benzene rings is 1. The predicted octanol–water partition coefficient (Wildman–Crippen LogP) is 5.95. The summed E-state index contributed by atoms with van der Waals surface area (Å²) in [5.41, 5.74) is 2.30. The number of rotatable bonds is 5. The maximum Gasteiger partial charge on any atom is 0.237 e. The smallest absolute Gasteiger partial charge is 0.237 e. The molecule has 1 aromatic carbocycles. The highest BCUT2D eigenvalue weighted by atomic mass is 32.2. The molecule has 0 unspecified atom stereocenters. The van der Waals surface area contributed by atoms with Gasteiger partial charge >= 0.3 is 0 Å². The highest BCUT2D eigenvalue weighted by Gasteiger charge is 2.22. The van der Waals surface area contributed by atoms with Gasteiger partial charge in [-0.05, 0) is 36.4 Å². The van der Waals surface area contributed by atoms with Gasteiger partial charge in [0.25, 0.3) is 0 Å². The number of para-hydroxylation sites is 2. The first-order valence-electron chi connectivity index (χ1n) is 9.35. The van der Waals surface area contributed by atoms with Crippen LogP contribution in [0, 0.1) is 0 Å². The number of imidazole rings is 1. The Morgan fingerprint density at radius 3 is 2.81 bits per heavy atom. The average molecular weight is 397 g/mol. The highest BCUT2D eigenvalue weighted by Crippen LogP contribution is 2.36. The molecule has 0 amide bonds. The molecule has 5 nitrogen and oxygen atoms in total. The summed E-state index contributed by atoms with van der Waals surface area (Å²) in [6.45, 7) is 0. The van der Waals surface area contributed by atoms with Crippen LogP contribution in [-0.4, -0.2) is 19.7 Å². The van der Waals surface area contributed by atoms with Crippen LogP contribution in [0.15, 0.2) is 51.5 Å². The van der Waals surface area contributed by atoms with Crippen molar-refractivity contribution in [2.24, 2.45) is 0 Å². The fraction of sp³-hybridized carbons (Fsp3) is 0.350. The SMILES string of the molecule is c1csc(-c2noc(CSc3nc4ccccc4n3C3CCCCC3)n2)c1. The monoisotopic (exact) mass is 396 g/mol. The van der Waals surface area contributed by atoms with E-state index in [4.69, 9.17) is 9.51 Å². The molecule has 1 saturated carbocycles. The molecule has 3 aromatic heterocycles. The Bertz CT molecular complexity index is 1030. The van der Waals surface area contributed by atoms with E-state index in [9.17, 15) is 0 Å². The summed E-state index contributed by atoms with van der Waals surface area (Å²) >= 11 is 3.31. The normalized spacial score (nSPS) is 15.6. The molecule has 0 atom stereocenters. The van der Waals surface area contributed by atoms with Crippen molar-refractivity contribution in [2.75, 3.05) is 0 Å². The number of thiophene rings is 1. The van der Waals surface area contributed by atoms with E-state index in [0.717, 1.165) is 15.6 Å². The zero-order valence-corrected chi connectivity index (χ0v) is 16.5. The average Bonchev–Trinajstić information content (AvgIpc) is 3.45. The van der Waals surface area contributed by atoms with Gasteiger partial charge in [-0.2, -0.15) is 4.98 Å². The lowest BCUT2D eigenvalue weighted by molar-refractivity contribution is 0.343. The van der Waals surface area contributed by atoms with E-state index in [-0.39, 0.29) is 0 Å². The standard InChI is InChI=1S/C20H20N4OS2/c1-2-7-14(8-3-1)24-16-10-5-4-9-15(16)21-20(24)27-13-18-22-19(23-25-18)17-11-6-12-26-17/h4-6,9-12,14H,1-3,7-8,13H2. The van der Waals surface area contributed by atoms with Crippen LogP contribution >= 0.6 is 23.1 Å². The third-order valence-electron chi connectivity index (χ3n) is 5.04. The molecule has 0 saturated heterocycles. The van der Waals surface area contributed by atoms with Crippen LogP contribution in [0.4, 0.5) is 0 Å². The van der Waals surface area contributed by atoms with Crippen molar-refractivity contribution in [3.05, 3.63) is 47.7 Å². The van der Waals surface area contributed by atoms with E-state index in [1.54, 1.807) is 23.1 Å². The maximum atomic E-state index is 5.46. The third-order valence-corrected chi connectivity index (χ3v) is 6.84. The number of thioether (sulfide) groups is 1. The summed E-state index contributed by atoms with van der Waals surface area (Å²) < 4.78 is 7.90. The lowest BCUT2D eigenvalue weighted by Crippen LogP contribution is -2.13. The van der Waals surface area contributed by atoms with Crippen molar-refractivity contribution >= 4 is 34.1 Å². The van der Waals surface area contributed by atoms with Gasteiger partial charge in [-0.15, -0.1) is 11.3 Å². The number of hydrogen-bond donors (Lipinski definition) is 0. The summed E-state index contributed by atoms with van der Waals surface area (Å²) in [4.78, 5) is 10.5. The molecule has 27 heavy (non-hydrogen) atoms. The van der Waals surface area contributed by atoms with Gasteiger partial charge in [0.05, 0.1) is 21.7 Å². The molecule has 1 aliphatic rings. The fourth-order valence-corrected chi connectivity index (χ4v) is 5.33. The molecule has 0 radical (unpaired) electrons. The van der Waals surface area contributed by atoms with Gasteiger partial charge in [-0.1, -0.05) is 54.4 Å². The minimum absolute atomic E-state index is 0.540. The molecule has 5 rings (SSSR count). The van der Waals surface area contributed by atoms with E-state index in [1.807, 2.05) is 17.5 Å². The second-order valence-electron chi connectivity index (χ2n) is 6.82. The van der Waals surface area contributed by atoms with Crippen LogP contribution in [-0.2, 0) is 5.75 Å². The molecular weight excluding hydrogens is 376 g/mol. The van der Waals surface area contributed by atoms with Crippen LogP contribution < -0.4 is 0 Å². The van der Waals surface area contributed by atoms with Gasteiger partial charge in [0.15, 0.2) is 5.16 Å². The van der Waals surface area contributed by atoms with Crippen LogP contribution in [0.3, 0.4) is 0 Å². The zero-order valence-electron chi connectivity index (χ0n) is 14.9. The Labute approximate surface area is 165 Å². The van der Waals surface area contributed by atoms with E-state index >= 15 is 0 Å². The second kappa shape index (κ2) is 7.48. The quantitative estimate of drug-likeness (QED) is 0.390. The zero-order chi connectivity index (χ0) is 18.1. The molecule has 1 aliphatic carbocycles. The Kier molecular flexibility index (Phi) is 4.71. The topological polar surface area (TPSA) is 56.7 Å². The van der Waals surface area contributed by atoms with Crippen LogP contribution in [0.5, 0.6) is 0 Å². The van der Waals surface area contributed by atoms with Crippen molar-refractivity contribution in [2.45, 2.75) is 49.1 Å². The molecule has 3 heterocycles. The molecule has 138 valence electrons. The van der Waals surface area contributed by atoms with Crippen LogP contribution in [0.1, 0.15) is 44.0 Å². The predicted molar refractivity (Wildman–Crippen MR) is 109 cm³/mol. The van der Waals surface area contributed by atoms with Gasteiger partial charge in [0.1, 0.15) is 0 Å².